The summed E-state index contributed by atoms with van der Waals surface area (Å²) in [5.74, 6) is 0. The molecule has 2 rings (SSSR count). The zero-order valence-corrected chi connectivity index (χ0v) is 9.09. The Morgan fingerprint density at radius 1 is 1.31 bits per heavy atom. The summed E-state index contributed by atoms with van der Waals surface area (Å²) in [7, 11) is 0. The molecule has 0 amide bonds. The van der Waals surface area contributed by atoms with Gasteiger partial charge in [0.1, 0.15) is 0 Å². The summed E-state index contributed by atoms with van der Waals surface area (Å²) >= 11 is 0. The van der Waals surface area contributed by atoms with Gasteiger partial charge in [0.2, 0.25) is 0 Å². The van der Waals surface area contributed by atoms with E-state index in [-0.39, 0.29) is 10.6 Å². The predicted octanol–water partition coefficient (Wildman–Crippen LogP) is 3.05. The zero-order chi connectivity index (χ0) is 11.4. The normalized spacial score (nSPS) is 16.5. The predicted molar refractivity (Wildman–Crippen MR) is 60.1 cm³/mol. The van der Waals surface area contributed by atoms with E-state index in [2.05, 4.69) is 0 Å². The highest BCUT2D eigenvalue weighted by atomic mass is 16.6. The molecule has 0 N–H and O–H groups in total. The average Bonchev–Trinajstić information content (AvgIpc) is 2.79. The van der Waals surface area contributed by atoms with E-state index in [9.17, 15) is 10.1 Å². The number of hydrogen-bond acceptors (Lipinski definition) is 3. The van der Waals surface area contributed by atoms with Gasteiger partial charge in [-0.1, -0.05) is 25.0 Å². The zero-order valence-electron chi connectivity index (χ0n) is 9.09. The molecule has 1 aliphatic rings. The quantitative estimate of drug-likeness (QED) is 0.580. The molecule has 1 aliphatic carbocycles. The largest absolute Gasteiger partial charge is 0.373 e. The van der Waals surface area contributed by atoms with E-state index in [1.165, 1.54) is 18.9 Å². The second kappa shape index (κ2) is 5.07. The number of nitrogens with zero attached hydrogens (tertiary/aromatic N) is 1. The van der Waals surface area contributed by atoms with Gasteiger partial charge in [0.05, 0.1) is 23.2 Å². The molecule has 0 heterocycles. The molecule has 0 unspecified atom stereocenters. The van der Waals surface area contributed by atoms with Crippen molar-refractivity contribution in [3.8, 4) is 0 Å². The van der Waals surface area contributed by atoms with Crippen molar-refractivity contribution in [2.75, 3.05) is 0 Å². The SMILES string of the molecule is O=[N+]([O-])c1ccccc1COC1CCCC1. The molecule has 0 bridgehead atoms. The summed E-state index contributed by atoms with van der Waals surface area (Å²) in [6.07, 6.45) is 4.88. The molecular weight excluding hydrogens is 206 g/mol. The molecule has 4 nitrogen and oxygen atoms in total. The Bertz CT molecular complexity index is 372. The van der Waals surface area contributed by atoms with Crippen LogP contribution in [0.1, 0.15) is 31.2 Å². The molecule has 0 radical (unpaired) electrons. The summed E-state index contributed by atoms with van der Waals surface area (Å²) in [6, 6.07) is 6.76. The van der Waals surface area contributed by atoms with E-state index < -0.39 is 0 Å². The van der Waals surface area contributed by atoms with Crippen molar-refractivity contribution >= 4 is 5.69 Å². The first kappa shape index (κ1) is 11.1. The maximum absolute atomic E-state index is 10.8. The van der Waals surface area contributed by atoms with Gasteiger partial charge in [-0.15, -0.1) is 0 Å². The van der Waals surface area contributed by atoms with Crippen molar-refractivity contribution in [2.45, 2.75) is 38.4 Å². The lowest BCUT2D eigenvalue weighted by atomic mass is 10.2. The molecule has 0 aliphatic heterocycles. The van der Waals surface area contributed by atoms with Crippen LogP contribution in [0.4, 0.5) is 5.69 Å². The van der Waals surface area contributed by atoms with Crippen molar-refractivity contribution in [3.63, 3.8) is 0 Å². The molecular formula is C12H15NO3. The van der Waals surface area contributed by atoms with E-state index in [0.29, 0.717) is 18.3 Å². The Kier molecular flexibility index (Phi) is 3.51. The average molecular weight is 221 g/mol. The number of para-hydroxylation sites is 1. The van der Waals surface area contributed by atoms with E-state index in [1.54, 1.807) is 18.2 Å². The number of hydrogen-bond donors (Lipinski definition) is 0. The highest BCUT2D eigenvalue weighted by Crippen LogP contribution is 2.24. The molecule has 0 spiro atoms. The molecule has 0 saturated heterocycles. The van der Waals surface area contributed by atoms with Crippen molar-refractivity contribution in [1.82, 2.24) is 0 Å². The van der Waals surface area contributed by atoms with Crippen molar-refractivity contribution < 1.29 is 9.66 Å². The van der Waals surface area contributed by atoms with E-state index in [0.717, 1.165) is 12.8 Å². The monoisotopic (exact) mass is 221 g/mol. The van der Waals surface area contributed by atoms with Gasteiger partial charge >= 0.3 is 0 Å². The van der Waals surface area contributed by atoms with Gasteiger partial charge < -0.3 is 4.74 Å². The molecule has 4 heteroatoms. The van der Waals surface area contributed by atoms with E-state index in [4.69, 9.17) is 4.74 Å². The first-order valence-electron chi connectivity index (χ1n) is 5.61. The lowest BCUT2D eigenvalue weighted by Gasteiger charge is -2.10. The van der Waals surface area contributed by atoms with E-state index >= 15 is 0 Å². The van der Waals surface area contributed by atoms with Crippen LogP contribution in [0.15, 0.2) is 24.3 Å². The number of nitro benzene ring substituents is 1. The van der Waals surface area contributed by atoms with Crippen LogP contribution >= 0.6 is 0 Å². The van der Waals surface area contributed by atoms with Crippen LogP contribution in [0.3, 0.4) is 0 Å². The van der Waals surface area contributed by atoms with Crippen molar-refractivity contribution in [3.05, 3.63) is 39.9 Å². The van der Waals surface area contributed by atoms with Crippen molar-refractivity contribution in [2.24, 2.45) is 0 Å². The molecule has 1 saturated carbocycles. The molecule has 86 valence electrons. The second-order valence-corrected chi connectivity index (χ2v) is 4.10. The number of ether oxygens (including phenoxy) is 1. The second-order valence-electron chi connectivity index (χ2n) is 4.10. The number of rotatable bonds is 4. The molecule has 1 aromatic rings. The fraction of sp³-hybridized carbons (Fsp3) is 0.500. The maximum Gasteiger partial charge on any atom is 0.274 e. The topological polar surface area (TPSA) is 52.4 Å². The number of nitro groups is 1. The van der Waals surface area contributed by atoms with Gasteiger partial charge in [0.25, 0.3) is 5.69 Å². The van der Waals surface area contributed by atoms with Crippen LogP contribution in [-0.2, 0) is 11.3 Å². The molecule has 0 atom stereocenters. The Hall–Kier alpha value is -1.42. The minimum Gasteiger partial charge on any atom is -0.373 e. The summed E-state index contributed by atoms with van der Waals surface area (Å²) in [4.78, 5) is 10.4. The summed E-state index contributed by atoms with van der Waals surface area (Å²) < 4.78 is 5.68. The fourth-order valence-electron chi connectivity index (χ4n) is 2.07. The van der Waals surface area contributed by atoms with Crippen molar-refractivity contribution in [1.29, 1.82) is 0 Å². The lowest BCUT2D eigenvalue weighted by Crippen LogP contribution is -2.08. The minimum atomic E-state index is -0.354. The third-order valence-corrected chi connectivity index (χ3v) is 2.97. The smallest absolute Gasteiger partial charge is 0.274 e. The van der Waals surface area contributed by atoms with E-state index in [1.807, 2.05) is 0 Å². The van der Waals surface area contributed by atoms with Gasteiger partial charge in [-0.05, 0) is 18.9 Å². The summed E-state index contributed by atoms with van der Waals surface area (Å²) in [6.45, 7) is 0.349. The minimum absolute atomic E-state index is 0.153. The van der Waals surface area contributed by atoms with Crippen LogP contribution in [-0.4, -0.2) is 11.0 Å². The van der Waals surface area contributed by atoms with Gasteiger partial charge in [-0.2, -0.15) is 0 Å². The highest BCUT2D eigenvalue weighted by Gasteiger charge is 2.18. The van der Waals surface area contributed by atoms with Gasteiger partial charge in [0.15, 0.2) is 0 Å². The Balaban J connectivity index is 2.00. The Morgan fingerprint density at radius 2 is 2.00 bits per heavy atom. The number of benzene rings is 1. The lowest BCUT2D eigenvalue weighted by molar-refractivity contribution is -0.386. The molecule has 16 heavy (non-hydrogen) atoms. The van der Waals surface area contributed by atoms with Crippen LogP contribution < -0.4 is 0 Å². The Labute approximate surface area is 94.4 Å². The third-order valence-electron chi connectivity index (χ3n) is 2.97. The molecule has 1 fully saturated rings. The summed E-state index contributed by atoms with van der Waals surface area (Å²) in [5.41, 5.74) is 0.819. The van der Waals surface area contributed by atoms with Crippen LogP contribution in [0, 0.1) is 10.1 Å². The fourth-order valence-corrected chi connectivity index (χ4v) is 2.07. The molecule has 1 aromatic carbocycles. The van der Waals surface area contributed by atoms with Crippen LogP contribution in [0.25, 0.3) is 0 Å². The highest BCUT2D eigenvalue weighted by molar-refractivity contribution is 5.39. The van der Waals surface area contributed by atoms with Crippen LogP contribution in [0.2, 0.25) is 0 Å². The first-order chi connectivity index (χ1) is 7.77. The molecule has 0 aromatic heterocycles. The standard InChI is InChI=1S/C12H15NO3/c14-13(15)12-8-4-1-5-10(12)9-16-11-6-2-3-7-11/h1,4-5,8,11H,2-3,6-7,9H2. The third kappa shape index (κ3) is 2.58. The first-order valence-corrected chi connectivity index (χ1v) is 5.61. The Morgan fingerprint density at radius 3 is 2.69 bits per heavy atom. The summed E-state index contributed by atoms with van der Waals surface area (Å²) in [5, 5.41) is 10.8. The van der Waals surface area contributed by atoms with Gasteiger partial charge in [-0.3, -0.25) is 10.1 Å². The van der Waals surface area contributed by atoms with Crippen LogP contribution in [0.5, 0.6) is 0 Å². The van der Waals surface area contributed by atoms with Gasteiger partial charge in [0, 0.05) is 6.07 Å². The maximum atomic E-state index is 10.8. The van der Waals surface area contributed by atoms with Gasteiger partial charge in [-0.25, -0.2) is 0 Å².